The number of carbonyl (C=O) groups is 2. The van der Waals surface area contributed by atoms with E-state index >= 15 is 0 Å². The number of ether oxygens (including phenoxy) is 1. The van der Waals surface area contributed by atoms with Crippen molar-refractivity contribution in [1.82, 2.24) is 0 Å². The van der Waals surface area contributed by atoms with E-state index in [0.29, 0.717) is 35.7 Å². The lowest BCUT2D eigenvalue weighted by atomic mass is 10.1. The van der Waals surface area contributed by atoms with Gasteiger partial charge in [0.05, 0.1) is 12.2 Å². The number of carbonyl (C=O) groups excluding carboxylic acids is 2. The minimum Gasteiger partial charge on any atom is -0.462 e. The molecule has 0 aliphatic heterocycles. The van der Waals surface area contributed by atoms with Gasteiger partial charge in [0.1, 0.15) is 0 Å². The Kier molecular flexibility index (Phi) is 7.48. The lowest BCUT2D eigenvalue weighted by Crippen LogP contribution is -2.13. The molecule has 5 heteroatoms. The Balaban J connectivity index is 1.83. The highest BCUT2D eigenvalue weighted by Gasteiger charge is 2.08. The standard InChI is InChI=1S/C20H22ClNO3/c1-2-3-14-25-20(24)16-8-11-17(12-9-16)22-19(23)13-10-15-6-4-5-7-18(15)21/h4-9,11-12H,2-3,10,13-14H2,1H3,(H,22,23). The molecule has 1 amide bonds. The van der Waals surface area contributed by atoms with Crippen LogP contribution in [-0.4, -0.2) is 18.5 Å². The second-order valence-electron chi connectivity index (χ2n) is 5.71. The van der Waals surface area contributed by atoms with Crippen LogP contribution in [-0.2, 0) is 16.0 Å². The zero-order chi connectivity index (χ0) is 18.1. The van der Waals surface area contributed by atoms with Crippen molar-refractivity contribution >= 4 is 29.2 Å². The van der Waals surface area contributed by atoms with Crippen molar-refractivity contribution < 1.29 is 14.3 Å². The quantitative estimate of drug-likeness (QED) is 0.540. The van der Waals surface area contributed by atoms with E-state index in [1.54, 1.807) is 24.3 Å². The van der Waals surface area contributed by atoms with Gasteiger partial charge in [-0.1, -0.05) is 43.1 Å². The van der Waals surface area contributed by atoms with Crippen LogP contribution in [0.4, 0.5) is 5.69 Å². The van der Waals surface area contributed by atoms with Crippen molar-refractivity contribution in [1.29, 1.82) is 0 Å². The van der Waals surface area contributed by atoms with Crippen molar-refractivity contribution in [3.8, 4) is 0 Å². The van der Waals surface area contributed by atoms with E-state index in [0.717, 1.165) is 18.4 Å². The third-order valence-electron chi connectivity index (χ3n) is 3.71. The van der Waals surface area contributed by atoms with E-state index in [1.807, 2.05) is 31.2 Å². The second kappa shape index (κ2) is 9.84. The minimum absolute atomic E-state index is 0.0989. The Hall–Kier alpha value is -2.33. The summed E-state index contributed by atoms with van der Waals surface area (Å²) in [5.74, 6) is -0.441. The van der Waals surface area contributed by atoms with Crippen LogP contribution in [0.3, 0.4) is 0 Å². The molecular weight excluding hydrogens is 338 g/mol. The average molecular weight is 360 g/mol. The number of amides is 1. The average Bonchev–Trinajstić information content (AvgIpc) is 2.62. The highest BCUT2D eigenvalue weighted by molar-refractivity contribution is 6.31. The molecule has 4 nitrogen and oxygen atoms in total. The summed E-state index contributed by atoms with van der Waals surface area (Å²) in [6.45, 7) is 2.47. The molecule has 0 saturated heterocycles. The molecule has 0 bridgehead atoms. The van der Waals surface area contributed by atoms with Gasteiger partial charge in [-0.2, -0.15) is 0 Å². The van der Waals surface area contributed by atoms with Gasteiger partial charge >= 0.3 is 5.97 Å². The predicted octanol–water partition coefficient (Wildman–Crippen LogP) is 4.87. The number of nitrogens with one attached hydrogen (secondary N) is 1. The Bertz CT molecular complexity index is 713. The van der Waals surface area contributed by atoms with Gasteiger partial charge in [-0.3, -0.25) is 4.79 Å². The van der Waals surface area contributed by atoms with Crippen LogP contribution in [0.15, 0.2) is 48.5 Å². The summed E-state index contributed by atoms with van der Waals surface area (Å²) in [5.41, 5.74) is 2.07. The van der Waals surface area contributed by atoms with Crippen molar-refractivity contribution in [2.75, 3.05) is 11.9 Å². The van der Waals surface area contributed by atoms with Crippen LogP contribution in [0.1, 0.15) is 42.1 Å². The first-order valence-electron chi connectivity index (χ1n) is 8.40. The van der Waals surface area contributed by atoms with E-state index in [2.05, 4.69) is 5.32 Å². The molecule has 0 unspecified atom stereocenters. The van der Waals surface area contributed by atoms with E-state index in [4.69, 9.17) is 16.3 Å². The number of aryl methyl sites for hydroxylation is 1. The molecule has 0 aliphatic carbocycles. The number of esters is 1. The number of anilines is 1. The van der Waals surface area contributed by atoms with Gasteiger partial charge in [0, 0.05) is 17.1 Å². The van der Waals surface area contributed by atoms with Gasteiger partial charge in [-0.15, -0.1) is 0 Å². The first-order valence-corrected chi connectivity index (χ1v) is 8.78. The maximum absolute atomic E-state index is 12.0. The summed E-state index contributed by atoms with van der Waals surface area (Å²) in [6, 6.07) is 14.2. The van der Waals surface area contributed by atoms with Crippen molar-refractivity contribution in [2.45, 2.75) is 32.6 Å². The maximum Gasteiger partial charge on any atom is 0.338 e. The fraction of sp³-hybridized carbons (Fsp3) is 0.300. The monoisotopic (exact) mass is 359 g/mol. The van der Waals surface area contributed by atoms with E-state index < -0.39 is 0 Å². The Morgan fingerprint density at radius 2 is 1.80 bits per heavy atom. The normalized spacial score (nSPS) is 10.3. The molecule has 0 atom stereocenters. The molecule has 0 fully saturated rings. The zero-order valence-electron chi connectivity index (χ0n) is 14.3. The van der Waals surface area contributed by atoms with E-state index in [9.17, 15) is 9.59 Å². The summed E-state index contributed by atoms with van der Waals surface area (Å²) in [5, 5.41) is 3.48. The van der Waals surface area contributed by atoms with Crippen LogP contribution in [0.25, 0.3) is 0 Å². The third-order valence-corrected chi connectivity index (χ3v) is 4.08. The number of hydrogen-bond acceptors (Lipinski definition) is 3. The molecule has 0 radical (unpaired) electrons. The molecule has 25 heavy (non-hydrogen) atoms. The molecule has 132 valence electrons. The van der Waals surface area contributed by atoms with Crippen LogP contribution in [0.5, 0.6) is 0 Å². The molecule has 2 aromatic carbocycles. The molecule has 0 saturated carbocycles. The van der Waals surface area contributed by atoms with E-state index in [1.165, 1.54) is 0 Å². The van der Waals surface area contributed by atoms with Crippen molar-refractivity contribution in [3.63, 3.8) is 0 Å². The SMILES string of the molecule is CCCCOC(=O)c1ccc(NC(=O)CCc2ccccc2Cl)cc1. The predicted molar refractivity (Wildman–Crippen MR) is 100 cm³/mol. The lowest BCUT2D eigenvalue weighted by molar-refractivity contribution is -0.116. The number of halogens is 1. The molecular formula is C20H22ClNO3. The summed E-state index contributed by atoms with van der Waals surface area (Å²) in [4.78, 5) is 23.9. The van der Waals surface area contributed by atoms with Crippen molar-refractivity contribution in [2.24, 2.45) is 0 Å². The molecule has 2 rings (SSSR count). The van der Waals surface area contributed by atoms with Gasteiger partial charge in [0.25, 0.3) is 0 Å². The number of benzene rings is 2. The smallest absolute Gasteiger partial charge is 0.338 e. The Morgan fingerprint density at radius 3 is 2.48 bits per heavy atom. The molecule has 0 heterocycles. The second-order valence-corrected chi connectivity index (χ2v) is 6.11. The molecule has 2 aromatic rings. The Labute approximate surface area is 153 Å². The van der Waals surface area contributed by atoms with Gasteiger partial charge < -0.3 is 10.1 Å². The van der Waals surface area contributed by atoms with Gasteiger partial charge in [-0.25, -0.2) is 4.79 Å². The Morgan fingerprint density at radius 1 is 1.08 bits per heavy atom. The zero-order valence-corrected chi connectivity index (χ0v) is 15.0. The number of hydrogen-bond donors (Lipinski definition) is 1. The van der Waals surface area contributed by atoms with Crippen LogP contribution < -0.4 is 5.32 Å². The summed E-state index contributed by atoms with van der Waals surface area (Å²) < 4.78 is 5.15. The fourth-order valence-corrected chi connectivity index (χ4v) is 2.49. The lowest BCUT2D eigenvalue weighted by Gasteiger charge is -2.08. The van der Waals surface area contributed by atoms with Gasteiger partial charge in [0.15, 0.2) is 0 Å². The van der Waals surface area contributed by atoms with Gasteiger partial charge in [-0.05, 0) is 48.7 Å². The highest BCUT2D eigenvalue weighted by atomic mass is 35.5. The fourth-order valence-electron chi connectivity index (χ4n) is 2.26. The molecule has 1 N–H and O–H groups in total. The van der Waals surface area contributed by atoms with Crippen molar-refractivity contribution in [3.05, 3.63) is 64.7 Å². The van der Waals surface area contributed by atoms with Gasteiger partial charge in [0.2, 0.25) is 5.91 Å². The summed E-state index contributed by atoms with van der Waals surface area (Å²) >= 11 is 6.08. The highest BCUT2D eigenvalue weighted by Crippen LogP contribution is 2.17. The van der Waals surface area contributed by atoms with Crippen LogP contribution in [0, 0.1) is 0 Å². The molecule has 0 aliphatic rings. The summed E-state index contributed by atoms with van der Waals surface area (Å²) in [6.07, 6.45) is 2.75. The third kappa shape index (κ3) is 6.24. The number of unbranched alkanes of at least 4 members (excludes halogenated alkanes) is 1. The van der Waals surface area contributed by atoms with Crippen LogP contribution >= 0.6 is 11.6 Å². The van der Waals surface area contributed by atoms with E-state index in [-0.39, 0.29) is 11.9 Å². The molecule has 0 spiro atoms. The maximum atomic E-state index is 12.0. The first-order chi connectivity index (χ1) is 12.1. The topological polar surface area (TPSA) is 55.4 Å². The molecule has 0 aromatic heterocycles. The minimum atomic E-state index is -0.343. The largest absolute Gasteiger partial charge is 0.462 e. The summed E-state index contributed by atoms with van der Waals surface area (Å²) in [7, 11) is 0. The van der Waals surface area contributed by atoms with Crippen LogP contribution in [0.2, 0.25) is 5.02 Å². The number of rotatable bonds is 8. The first kappa shape index (κ1) is 19.0.